The number of hydrogen-bond acceptors (Lipinski definition) is 5. The van der Waals surface area contributed by atoms with Gasteiger partial charge in [0, 0.05) is 23.8 Å². The van der Waals surface area contributed by atoms with E-state index in [0.29, 0.717) is 17.2 Å². The summed E-state index contributed by atoms with van der Waals surface area (Å²) in [5.41, 5.74) is 0.635. The molecule has 3 aliphatic rings. The molecule has 1 aromatic carbocycles. The number of carbonyl (C=O) groups excluding carboxylic acids is 2. The van der Waals surface area contributed by atoms with Crippen LogP contribution in [0.4, 0.5) is 5.69 Å². The molecular formula is C17H21N3O4. The first-order valence-electron chi connectivity index (χ1n) is 8.45. The molecule has 1 aliphatic carbocycles. The number of amides is 2. The minimum atomic E-state index is -0.474. The molecule has 0 aromatic heterocycles. The molecule has 7 heteroatoms. The summed E-state index contributed by atoms with van der Waals surface area (Å²) in [6.07, 6.45) is 4.49. The Morgan fingerprint density at radius 3 is 2.83 bits per heavy atom. The second-order valence-corrected chi connectivity index (χ2v) is 6.55. The minimum absolute atomic E-state index is 0.0843. The molecule has 128 valence electrons. The van der Waals surface area contributed by atoms with Gasteiger partial charge in [-0.25, -0.2) is 0 Å². The number of carbonyl (C=O) groups is 2. The van der Waals surface area contributed by atoms with Crippen LogP contribution < -0.4 is 25.4 Å². The van der Waals surface area contributed by atoms with Crippen LogP contribution in [0.1, 0.15) is 32.1 Å². The van der Waals surface area contributed by atoms with Crippen molar-refractivity contribution in [3.63, 3.8) is 0 Å². The number of fused-ring (bicyclic) bond motifs is 2. The van der Waals surface area contributed by atoms with Crippen molar-refractivity contribution in [2.24, 2.45) is 0 Å². The van der Waals surface area contributed by atoms with Gasteiger partial charge in [0.05, 0.1) is 12.5 Å². The van der Waals surface area contributed by atoms with Gasteiger partial charge in [0.1, 0.15) is 0 Å². The molecule has 1 aromatic rings. The van der Waals surface area contributed by atoms with Gasteiger partial charge in [0.2, 0.25) is 18.6 Å². The Morgan fingerprint density at radius 2 is 1.96 bits per heavy atom. The third kappa shape index (κ3) is 3.03. The van der Waals surface area contributed by atoms with Crippen molar-refractivity contribution in [2.75, 3.05) is 12.1 Å². The van der Waals surface area contributed by atoms with Crippen molar-refractivity contribution < 1.29 is 19.1 Å². The van der Waals surface area contributed by atoms with E-state index in [1.807, 2.05) is 0 Å². The van der Waals surface area contributed by atoms with Crippen LogP contribution in [-0.2, 0) is 9.59 Å². The van der Waals surface area contributed by atoms with Gasteiger partial charge < -0.3 is 25.4 Å². The molecule has 2 amide bonds. The highest BCUT2D eigenvalue weighted by molar-refractivity contribution is 5.96. The topological polar surface area (TPSA) is 88.7 Å². The molecule has 3 N–H and O–H groups in total. The molecule has 0 unspecified atom stereocenters. The van der Waals surface area contributed by atoms with Gasteiger partial charge in [-0.15, -0.1) is 0 Å². The summed E-state index contributed by atoms with van der Waals surface area (Å²) in [5, 5.41) is 9.22. The minimum Gasteiger partial charge on any atom is -0.454 e. The molecule has 7 nitrogen and oxygen atoms in total. The number of benzene rings is 1. The predicted molar refractivity (Wildman–Crippen MR) is 86.9 cm³/mol. The Balaban J connectivity index is 1.36. The lowest BCUT2D eigenvalue weighted by atomic mass is 9.87. The van der Waals surface area contributed by atoms with Crippen molar-refractivity contribution in [2.45, 2.75) is 50.2 Å². The van der Waals surface area contributed by atoms with Crippen LogP contribution >= 0.6 is 0 Å². The number of anilines is 1. The average molecular weight is 331 g/mol. The molecule has 1 saturated heterocycles. The summed E-state index contributed by atoms with van der Waals surface area (Å²) in [4.78, 5) is 24.5. The summed E-state index contributed by atoms with van der Waals surface area (Å²) in [6.45, 7) is 0.196. The number of piperazine rings is 1. The smallest absolute Gasteiger partial charge is 0.237 e. The van der Waals surface area contributed by atoms with E-state index in [1.165, 1.54) is 6.42 Å². The molecule has 2 heterocycles. The van der Waals surface area contributed by atoms with Crippen molar-refractivity contribution in [1.82, 2.24) is 10.6 Å². The zero-order chi connectivity index (χ0) is 16.5. The van der Waals surface area contributed by atoms with E-state index in [-0.39, 0.29) is 37.1 Å². The fourth-order valence-electron chi connectivity index (χ4n) is 3.64. The second kappa shape index (κ2) is 6.32. The molecular weight excluding hydrogens is 310 g/mol. The Kier molecular flexibility index (Phi) is 4.02. The number of ether oxygens (including phenoxy) is 2. The van der Waals surface area contributed by atoms with Gasteiger partial charge in [-0.3, -0.25) is 9.59 Å². The molecule has 24 heavy (non-hydrogen) atoms. The van der Waals surface area contributed by atoms with Gasteiger partial charge >= 0.3 is 0 Å². The third-order valence-corrected chi connectivity index (χ3v) is 4.87. The molecule has 1 saturated carbocycles. The quantitative estimate of drug-likeness (QED) is 0.773. The van der Waals surface area contributed by atoms with Gasteiger partial charge in [-0.2, -0.15) is 0 Å². The van der Waals surface area contributed by atoms with Crippen molar-refractivity contribution in [1.29, 1.82) is 0 Å². The lowest BCUT2D eigenvalue weighted by molar-refractivity contribution is -0.129. The normalized spacial score (nSPS) is 28.0. The zero-order valence-corrected chi connectivity index (χ0v) is 13.3. The lowest BCUT2D eigenvalue weighted by Gasteiger charge is -2.40. The monoisotopic (exact) mass is 331 g/mol. The van der Waals surface area contributed by atoms with Crippen LogP contribution in [0.2, 0.25) is 0 Å². The maximum atomic E-state index is 12.3. The summed E-state index contributed by atoms with van der Waals surface area (Å²) in [7, 11) is 0. The number of hydrogen-bond donors (Lipinski definition) is 3. The lowest BCUT2D eigenvalue weighted by Crippen LogP contribution is -2.65. The van der Waals surface area contributed by atoms with Crippen molar-refractivity contribution >= 4 is 17.5 Å². The standard InChI is InChI=1S/C17H21N3O4/c21-16(18-10-5-6-14-15(7-10)24-9-23-14)8-13-17(22)20-12-4-2-1-3-11(12)19-13/h5-7,11-13,19H,1-4,8-9H2,(H,18,21)(H,20,22)/t11-,12-,13+/m1/s1. The average Bonchev–Trinajstić information content (AvgIpc) is 3.03. The maximum Gasteiger partial charge on any atom is 0.237 e. The maximum absolute atomic E-state index is 12.3. The molecule has 0 bridgehead atoms. The molecule has 2 fully saturated rings. The van der Waals surface area contributed by atoms with Gasteiger partial charge in [-0.1, -0.05) is 12.8 Å². The zero-order valence-electron chi connectivity index (χ0n) is 13.3. The first-order valence-corrected chi connectivity index (χ1v) is 8.45. The van der Waals surface area contributed by atoms with Gasteiger partial charge in [0.25, 0.3) is 0 Å². The molecule has 0 spiro atoms. The van der Waals surface area contributed by atoms with Crippen molar-refractivity contribution in [3.8, 4) is 11.5 Å². The van der Waals surface area contributed by atoms with E-state index >= 15 is 0 Å². The highest BCUT2D eigenvalue weighted by Gasteiger charge is 2.36. The van der Waals surface area contributed by atoms with Crippen LogP contribution in [0.3, 0.4) is 0 Å². The molecule has 4 rings (SSSR count). The summed E-state index contributed by atoms with van der Waals surface area (Å²) < 4.78 is 10.5. The van der Waals surface area contributed by atoms with Gasteiger partial charge in [-0.05, 0) is 25.0 Å². The van der Waals surface area contributed by atoms with E-state index in [9.17, 15) is 9.59 Å². The third-order valence-electron chi connectivity index (χ3n) is 4.87. The summed E-state index contributed by atoms with van der Waals surface area (Å²) in [6, 6.07) is 5.26. The number of rotatable bonds is 3. The number of nitrogens with one attached hydrogen (secondary N) is 3. The van der Waals surface area contributed by atoms with E-state index in [0.717, 1.165) is 19.3 Å². The van der Waals surface area contributed by atoms with Crippen LogP contribution in [-0.4, -0.2) is 36.7 Å². The van der Waals surface area contributed by atoms with Crippen LogP contribution in [0.25, 0.3) is 0 Å². The predicted octanol–water partition coefficient (Wildman–Crippen LogP) is 1.14. The highest BCUT2D eigenvalue weighted by Crippen LogP contribution is 2.34. The SMILES string of the molecule is O=C(C[C@@H]1N[C@@H]2CCCC[C@H]2NC1=O)Nc1ccc2c(c1)OCO2. The first-order chi connectivity index (χ1) is 11.7. The fourth-order valence-corrected chi connectivity index (χ4v) is 3.64. The van der Waals surface area contributed by atoms with Crippen LogP contribution in [0.15, 0.2) is 18.2 Å². The summed E-state index contributed by atoms with van der Waals surface area (Å²) in [5.74, 6) is 1.01. The Bertz CT molecular complexity index is 663. The molecule has 3 atom stereocenters. The largest absolute Gasteiger partial charge is 0.454 e. The Hall–Kier alpha value is -2.28. The van der Waals surface area contributed by atoms with E-state index in [1.54, 1.807) is 18.2 Å². The fraction of sp³-hybridized carbons (Fsp3) is 0.529. The highest BCUT2D eigenvalue weighted by atomic mass is 16.7. The van der Waals surface area contributed by atoms with E-state index < -0.39 is 6.04 Å². The molecule has 0 radical (unpaired) electrons. The van der Waals surface area contributed by atoms with E-state index in [4.69, 9.17) is 9.47 Å². The van der Waals surface area contributed by atoms with Crippen molar-refractivity contribution in [3.05, 3.63) is 18.2 Å². The first kappa shape index (κ1) is 15.3. The second-order valence-electron chi connectivity index (χ2n) is 6.55. The Labute approximate surface area is 140 Å². The van der Waals surface area contributed by atoms with E-state index in [2.05, 4.69) is 16.0 Å². The van der Waals surface area contributed by atoms with Crippen LogP contribution in [0, 0.1) is 0 Å². The molecule has 2 aliphatic heterocycles. The summed E-state index contributed by atoms with van der Waals surface area (Å²) >= 11 is 0. The Morgan fingerprint density at radius 1 is 1.17 bits per heavy atom. The van der Waals surface area contributed by atoms with Crippen LogP contribution in [0.5, 0.6) is 11.5 Å². The van der Waals surface area contributed by atoms with Gasteiger partial charge in [0.15, 0.2) is 11.5 Å².